The van der Waals surface area contributed by atoms with E-state index in [4.69, 9.17) is 5.73 Å². The molecule has 5 nitrogen and oxygen atoms in total. The highest BCUT2D eigenvalue weighted by atomic mass is 19.1. The summed E-state index contributed by atoms with van der Waals surface area (Å²) in [6, 6.07) is 3.38. The molecule has 0 aliphatic heterocycles. The predicted octanol–water partition coefficient (Wildman–Crippen LogP) is 0.762. The molecule has 74 valence electrons. The van der Waals surface area contributed by atoms with E-state index in [0.29, 0.717) is 0 Å². The zero-order valence-corrected chi connectivity index (χ0v) is 7.07. The van der Waals surface area contributed by atoms with Gasteiger partial charge in [0.05, 0.1) is 16.9 Å². The summed E-state index contributed by atoms with van der Waals surface area (Å²) in [4.78, 5) is 20.2. The topological polar surface area (TPSA) is 86.2 Å². The van der Waals surface area contributed by atoms with E-state index in [2.05, 4.69) is 0 Å². The minimum Gasteiger partial charge on any atom is -0.369 e. The van der Waals surface area contributed by atoms with Crippen LogP contribution < -0.4 is 5.73 Å². The Kier molecular flexibility index (Phi) is 2.76. The number of amides is 1. The van der Waals surface area contributed by atoms with Crippen molar-refractivity contribution in [1.29, 1.82) is 0 Å². The standard InChI is InChI=1S/C8H7FN2O3/c9-6-2-1-3-7(11(13)14)5(6)4-8(10)12/h1-3H,4H2,(H2,10,12). The van der Waals surface area contributed by atoms with Crippen LogP contribution in [0.5, 0.6) is 0 Å². The van der Waals surface area contributed by atoms with Gasteiger partial charge < -0.3 is 5.73 Å². The Labute approximate surface area is 78.5 Å². The third kappa shape index (κ3) is 2.03. The lowest BCUT2D eigenvalue weighted by Gasteiger charge is -2.00. The van der Waals surface area contributed by atoms with Crippen LogP contribution in [0.15, 0.2) is 18.2 Å². The van der Waals surface area contributed by atoms with E-state index in [1.54, 1.807) is 0 Å². The summed E-state index contributed by atoms with van der Waals surface area (Å²) < 4.78 is 13.1. The summed E-state index contributed by atoms with van der Waals surface area (Å²) >= 11 is 0. The molecule has 0 aromatic heterocycles. The Hall–Kier alpha value is -1.98. The van der Waals surface area contributed by atoms with Crippen molar-refractivity contribution in [3.05, 3.63) is 39.7 Å². The van der Waals surface area contributed by atoms with Gasteiger partial charge in [0, 0.05) is 6.07 Å². The molecule has 6 heteroatoms. The second-order valence-electron chi connectivity index (χ2n) is 2.64. The first-order valence-electron chi connectivity index (χ1n) is 3.72. The first kappa shape index (κ1) is 10.1. The van der Waals surface area contributed by atoms with Crippen LogP contribution in [0.25, 0.3) is 0 Å². The Morgan fingerprint density at radius 2 is 2.21 bits per heavy atom. The highest BCUT2D eigenvalue weighted by Crippen LogP contribution is 2.21. The van der Waals surface area contributed by atoms with Gasteiger partial charge in [-0.1, -0.05) is 6.07 Å². The number of nitro benzene ring substituents is 1. The van der Waals surface area contributed by atoms with Crippen molar-refractivity contribution in [2.45, 2.75) is 6.42 Å². The van der Waals surface area contributed by atoms with Gasteiger partial charge in [-0.25, -0.2) is 4.39 Å². The molecule has 0 bridgehead atoms. The third-order valence-corrected chi connectivity index (χ3v) is 1.64. The van der Waals surface area contributed by atoms with Gasteiger partial charge in [-0.3, -0.25) is 14.9 Å². The zero-order chi connectivity index (χ0) is 10.7. The molecule has 0 atom stereocenters. The maximum absolute atomic E-state index is 13.1. The van der Waals surface area contributed by atoms with Crippen LogP contribution in [-0.4, -0.2) is 10.8 Å². The number of nitro groups is 1. The molecule has 0 saturated heterocycles. The molecule has 0 fully saturated rings. The van der Waals surface area contributed by atoms with Gasteiger partial charge >= 0.3 is 0 Å². The van der Waals surface area contributed by atoms with Gasteiger partial charge in [-0.2, -0.15) is 0 Å². The minimum atomic E-state index is -0.807. The zero-order valence-electron chi connectivity index (χ0n) is 7.07. The van der Waals surface area contributed by atoms with E-state index in [1.807, 2.05) is 0 Å². The third-order valence-electron chi connectivity index (χ3n) is 1.64. The number of hydrogen-bond donors (Lipinski definition) is 1. The summed E-state index contributed by atoms with van der Waals surface area (Å²) in [7, 11) is 0. The first-order valence-corrected chi connectivity index (χ1v) is 3.72. The maximum atomic E-state index is 13.1. The van der Waals surface area contributed by atoms with Gasteiger partial charge in [-0.05, 0) is 6.07 Å². The van der Waals surface area contributed by atoms with Crippen molar-refractivity contribution in [3.8, 4) is 0 Å². The van der Waals surface area contributed by atoms with Crippen LogP contribution in [0.4, 0.5) is 10.1 Å². The van der Waals surface area contributed by atoms with Crippen LogP contribution >= 0.6 is 0 Å². The van der Waals surface area contributed by atoms with E-state index in [9.17, 15) is 19.3 Å². The number of carbonyl (C=O) groups is 1. The number of nitrogens with two attached hydrogens (primary N) is 1. The molecule has 0 unspecified atom stereocenters. The van der Waals surface area contributed by atoms with E-state index in [1.165, 1.54) is 6.07 Å². The van der Waals surface area contributed by atoms with Crippen molar-refractivity contribution >= 4 is 11.6 Å². The van der Waals surface area contributed by atoms with Gasteiger partial charge in [-0.15, -0.1) is 0 Å². The first-order chi connectivity index (χ1) is 6.52. The SMILES string of the molecule is NC(=O)Cc1c(F)cccc1[N+](=O)[O-]. The molecule has 1 aromatic carbocycles. The lowest BCUT2D eigenvalue weighted by Crippen LogP contribution is -2.15. The van der Waals surface area contributed by atoms with E-state index in [-0.39, 0.29) is 5.56 Å². The number of carbonyl (C=O) groups excluding carboxylic acids is 1. The molecule has 1 rings (SSSR count). The van der Waals surface area contributed by atoms with Crippen LogP contribution in [0.2, 0.25) is 0 Å². The predicted molar refractivity (Wildman–Crippen MR) is 46.0 cm³/mol. The molecule has 0 spiro atoms. The number of nitrogens with zero attached hydrogens (tertiary/aromatic N) is 1. The monoisotopic (exact) mass is 198 g/mol. The molecule has 14 heavy (non-hydrogen) atoms. The van der Waals surface area contributed by atoms with Crippen LogP contribution in [0.3, 0.4) is 0 Å². The van der Waals surface area contributed by atoms with Crippen molar-refractivity contribution in [2.75, 3.05) is 0 Å². The maximum Gasteiger partial charge on any atom is 0.276 e. The number of primary amides is 1. The molecular formula is C8H7FN2O3. The fourth-order valence-corrected chi connectivity index (χ4v) is 1.07. The van der Waals surface area contributed by atoms with Crippen molar-refractivity contribution in [1.82, 2.24) is 0 Å². The van der Waals surface area contributed by atoms with E-state index in [0.717, 1.165) is 12.1 Å². The molecular weight excluding hydrogens is 191 g/mol. The second kappa shape index (κ2) is 3.82. The molecule has 0 heterocycles. The number of benzene rings is 1. The number of halogens is 1. The summed E-state index contributed by atoms with van der Waals surface area (Å²) in [6.45, 7) is 0. The molecule has 0 aliphatic carbocycles. The highest BCUT2D eigenvalue weighted by molar-refractivity contribution is 5.78. The van der Waals surface area contributed by atoms with Gasteiger partial charge in [0.2, 0.25) is 5.91 Å². The van der Waals surface area contributed by atoms with Gasteiger partial charge in [0.25, 0.3) is 5.69 Å². The van der Waals surface area contributed by atoms with Crippen molar-refractivity contribution in [3.63, 3.8) is 0 Å². The van der Waals surface area contributed by atoms with Gasteiger partial charge in [0.15, 0.2) is 0 Å². The van der Waals surface area contributed by atoms with Gasteiger partial charge in [0.1, 0.15) is 5.82 Å². The molecule has 0 aliphatic rings. The Morgan fingerprint density at radius 1 is 1.57 bits per heavy atom. The number of rotatable bonds is 3. The lowest BCUT2D eigenvalue weighted by atomic mass is 10.1. The van der Waals surface area contributed by atoms with Crippen LogP contribution in [0, 0.1) is 15.9 Å². The fourth-order valence-electron chi connectivity index (χ4n) is 1.07. The molecule has 0 saturated carbocycles. The average Bonchev–Trinajstić information content (AvgIpc) is 2.07. The largest absolute Gasteiger partial charge is 0.369 e. The Bertz CT molecular complexity index is 392. The molecule has 1 aromatic rings. The summed E-state index contributed by atoms with van der Waals surface area (Å²) in [6.07, 6.45) is -0.469. The van der Waals surface area contributed by atoms with E-state index >= 15 is 0 Å². The Balaban J connectivity index is 3.22. The fraction of sp³-hybridized carbons (Fsp3) is 0.125. The number of hydrogen-bond acceptors (Lipinski definition) is 3. The Morgan fingerprint density at radius 3 is 2.71 bits per heavy atom. The van der Waals surface area contributed by atoms with E-state index < -0.39 is 28.8 Å². The minimum absolute atomic E-state index is 0.273. The normalized spacial score (nSPS) is 9.79. The van der Waals surface area contributed by atoms with Crippen LogP contribution in [-0.2, 0) is 11.2 Å². The molecule has 1 amide bonds. The smallest absolute Gasteiger partial charge is 0.276 e. The second-order valence-corrected chi connectivity index (χ2v) is 2.64. The molecule has 2 N–H and O–H groups in total. The quantitative estimate of drug-likeness (QED) is 0.574. The summed E-state index contributed by atoms with van der Waals surface area (Å²) in [5, 5.41) is 10.4. The lowest BCUT2D eigenvalue weighted by molar-refractivity contribution is -0.385. The summed E-state index contributed by atoms with van der Waals surface area (Å²) in [5.74, 6) is -1.60. The highest BCUT2D eigenvalue weighted by Gasteiger charge is 2.18. The van der Waals surface area contributed by atoms with Crippen molar-refractivity contribution < 1.29 is 14.1 Å². The average molecular weight is 198 g/mol. The van der Waals surface area contributed by atoms with Crippen molar-refractivity contribution in [2.24, 2.45) is 5.73 Å². The van der Waals surface area contributed by atoms with Crippen LogP contribution in [0.1, 0.15) is 5.56 Å². The molecule has 0 radical (unpaired) electrons. The summed E-state index contributed by atoms with van der Waals surface area (Å²) in [5.41, 5.74) is 4.13.